The molecule has 0 spiro atoms. The third-order valence-electron chi connectivity index (χ3n) is 6.74. The molecule has 0 unspecified atom stereocenters. The Kier molecular flexibility index (Phi) is 9.23. The van der Waals surface area contributed by atoms with Gasteiger partial charge >= 0.3 is 0 Å². The van der Waals surface area contributed by atoms with E-state index in [1.807, 2.05) is 79.9 Å². The Hall–Kier alpha value is -5.28. The SMILES string of the molecule is Cc1ccc(Nc2nc(-c3ccc(C(=O)N/N=C/c4cccc(OCC(=O)Nc5cccc(C)c5C)c4)cc3)cs2)cc1. The Morgan fingerprint density at radius 1 is 0.930 bits per heavy atom. The van der Waals surface area contributed by atoms with E-state index < -0.39 is 0 Å². The number of carbonyl (C=O) groups excluding carboxylic acids is 2. The van der Waals surface area contributed by atoms with Gasteiger partial charge in [0.2, 0.25) is 0 Å². The molecule has 216 valence electrons. The Morgan fingerprint density at radius 2 is 1.70 bits per heavy atom. The van der Waals surface area contributed by atoms with Gasteiger partial charge in [-0.05, 0) is 79.9 Å². The highest BCUT2D eigenvalue weighted by Gasteiger charge is 2.09. The molecule has 0 aliphatic rings. The lowest BCUT2D eigenvalue weighted by molar-refractivity contribution is -0.118. The third-order valence-corrected chi connectivity index (χ3v) is 7.49. The maximum absolute atomic E-state index is 12.6. The van der Waals surface area contributed by atoms with E-state index in [2.05, 4.69) is 33.1 Å². The van der Waals surface area contributed by atoms with Crippen molar-refractivity contribution in [2.24, 2.45) is 5.10 Å². The summed E-state index contributed by atoms with van der Waals surface area (Å²) < 4.78 is 5.66. The van der Waals surface area contributed by atoms with Crippen LogP contribution in [0.2, 0.25) is 0 Å². The summed E-state index contributed by atoms with van der Waals surface area (Å²) in [4.78, 5) is 29.7. The van der Waals surface area contributed by atoms with Crippen molar-refractivity contribution in [1.82, 2.24) is 10.4 Å². The summed E-state index contributed by atoms with van der Waals surface area (Å²) in [6, 6.07) is 28.2. The maximum atomic E-state index is 12.6. The van der Waals surface area contributed by atoms with Gasteiger partial charge in [-0.1, -0.05) is 54.1 Å². The minimum Gasteiger partial charge on any atom is -0.484 e. The number of nitrogens with one attached hydrogen (secondary N) is 3. The molecular formula is C34H31N5O3S. The predicted octanol–water partition coefficient (Wildman–Crippen LogP) is 7.26. The van der Waals surface area contributed by atoms with Crippen LogP contribution in [0.3, 0.4) is 0 Å². The van der Waals surface area contributed by atoms with Crippen LogP contribution in [-0.4, -0.2) is 29.6 Å². The molecule has 0 bridgehead atoms. The van der Waals surface area contributed by atoms with E-state index in [0.717, 1.165) is 38.9 Å². The fraction of sp³-hybridized carbons (Fsp3) is 0.118. The van der Waals surface area contributed by atoms with Crippen LogP contribution in [0.15, 0.2) is 101 Å². The summed E-state index contributed by atoms with van der Waals surface area (Å²) in [7, 11) is 0. The van der Waals surface area contributed by atoms with Crippen molar-refractivity contribution < 1.29 is 14.3 Å². The number of hydrogen-bond acceptors (Lipinski definition) is 7. The van der Waals surface area contributed by atoms with Crippen molar-refractivity contribution in [3.05, 3.63) is 124 Å². The fourth-order valence-electron chi connectivity index (χ4n) is 4.15. The molecular weight excluding hydrogens is 558 g/mol. The zero-order valence-electron chi connectivity index (χ0n) is 24.0. The zero-order valence-corrected chi connectivity index (χ0v) is 24.9. The number of aromatic nitrogens is 1. The lowest BCUT2D eigenvalue weighted by Gasteiger charge is -2.11. The lowest BCUT2D eigenvalue weighted by Crippen LogP contribution is -2.20. The average molecular weight is 590 g/mol. The molecule has 5 rings (SSSR count). The number of benzene rings is 4. The van der Waals surface area contributed by atoms with Crippen molar-refractivity contribution >= 4 is 45.9 Å². The Balaban J connectivity index is 1.11. The lowest BCUT2D eigenvalue weighted by atomic mass is 10.1. The first-order valence-electron chi connectivity index (χ1n) is 13.7. The normalized spacial score (nSPS) is 10.9. The zero-order chi connectivity index (χ0) is 30.2. The van der Waals surface area contributed by atoms with Crippen LogP contribution in [-0.2, 0) is 4.79 Å². The van der Waals surface area contributed by atoms with Crippen molar-refractivity contribution in [1.29, 1.82) is 0 Å². The van der Waals surface area contributed by atoms with Crippen molar-refractivity contribution in [3.8, 4) is 17.0 Å². The van der Waals surface area contributed by atoms with Gasteiger partial charge in [0.15, 0.2) is 11.7 Å². The van der Waals surface area contributed by atoms with Crippen molar-refractivity contribution in [2.45, 2.75) is 20.8 Å². The number of nitrogens with zero attached hydrogens (tertiary/aromatic N) is 2. The number of anilines is 3. The molecule has 0 radical (unpaired) electrons. The topological polar surface area (TPSA) is 105 Å². The Morgan fingerprint density at radius 3 is 2.49 bits per heavy atom. The summed E-state index contributed by atoms with van der Waals surface area (Å²) in [6.07, 6.45) is 1.52. The number of carbonyl (C=O) groups is 2. The van der Waals surface area contributed by atoms with Gasteiger partial charge in [-0.2, -0.15) is 5.10 Å². The second-order valence-electron chi connectivity index (χ2n) is 9.96. The van der Waals surface area contributed by atoms with Gasteiger partial charge < -0.3 is 15.4 Å². The highest BCUT2D eigenvalue weighted by atomic mass is 32.1. The molecule has 43 heavy (non-hydrogen) atoms. The summed E-state index contributed by atoms with van der Waals surface area (Å²) in [5.74, 6) is -0.0697. The number of rotatable bonds is 10. The van der Waals surface area contributed by atoms with Crippen molar-refractivity contribution in [3.63, 3.8) is 0 Å². The largest absolute Gasteiger partial charge is 0.484 e. The highest BCUT2D eigenvalue weighted by molar-refractivity contribution is 7.14. The first kappa shape index (κ1) is 29.2. The first-order valence-corrected chi connectivity index (χ1v) is 14.5. The number of thiazole rings is 1. The van der Waals surface area contributed by atoms with Crippen LogP contribution in [0.1, 0.15) is 32.6 Å². The second-order valence-corrected chi connectivity index (χ2v) is 10.8. The van der Waals surface area contributed by atoms with Gasteiger partial charge in [0, 0.05) is 27.9 Å². The van der Waals surface area contributed by atoms with Crippen LogP contribution >= 0.6 is 11.3 Å². The molecule has 4 aromatic carbocycles. The van der Waals surface area contributed by atoms with Gasteiger partial charge in [-0.25, -0.2) is 10.4 Å². The predicted molar refractivity (Wildman–Crippen MR) is 174 cm³/mol. The van der Waals surface area contributed by atoms with Gasteiger partial charge in [-0.3, -0.25) is 9.59 Å². The van der Waals surface area contributed by atoms with E-state index >= 15 is 0 Å². The number of hydrazone groups is 1. The Labute approximate surface area is 254 Å². The van der Waals surface area contributed by atoms with Crippen molar-refractivity contribution in [2.75, 3.05) is 17.2 Å². The number of hydrogen-bond donors (Lipinski definition) is 3. The molecule has 0 aliphatic carbocycles. The van der Waals surface area contributed by atoms with Gasteiger partial charge in [0.25, 0.3) is 11.8 Å². The molecule has 1 aromatic heterocycles. The molecule has 0 saturated heterocycles. The highest BCUT2D eigenvalue weighted by Crippen LogP contribution is 2.27. The molecule has 0 aliphatic heterocycles. The summed E-state index contributed by atoms with van der Waals surface area (Å²) >= 11 is 1.52. The van der Waals surface area contributed by atoms with E-state index in [-0.39, 0.29) is 18.4 Å². The minimum atomic E-state index is -0.335. The van der Waals surface area contributed by atoms with Gasteiger partial charge in [0.1, 0.15) is 5.75 Å². The van der Waals surface area contributed by atoms with E-state index in [0.29, 0.717) is 16.9 Å². The van der Waals surface area contributed by atoms with E-state index in [4.69, 9.17) is 4.74 Å². The van der Waals surface area contributed by atoms with Crippen LogP contribution in [0.5, 0.6) is 5.75 Å². The average Bonchev–Trinajstić information content (AvgIpc) is 3.48. The molecule has 0 fully saturated rings. The molecule has 1 heterocycles. The molecule has 8 nitrogen and oxygen atoms in total. The van der Waals surface area contributed by atoms with E-state index in [9.17, 15) is 9.59 Å². The number of ether oxygens (including phenoxy) is 1. The van der Waals surface area contributed by atoms with Gasteiger partial charge in [0.05, 0.1) is 11.9 Å². The molecule has 0 saturated carbocycles. The van der Waals surface area contributed by atoms with E-state index in [1.165, 1.54) is 23.1 Å². The van der Waals surface area contributed by atoms with Crippen LogP contribution < -0.4 is 20.8 Å². The smallest absolute Gasteiger partial charge is 0.271 e. The van der Waals surface area contributed by atoms with Crippen LogP contribution in [0.4, 0.5) is 16.5 Å². The van der Waals surface area contributed by atoms with E-state index in [1.54, 1.807) is 30.3 Å². The monoisotopic (exact) mass is 589 g/mol. The molecule has 5 aromatic rings. The first-order chi connectivity index (χ1) is 20.8. The summed E-state index contributed by atoms with van der Waals surface area (Å²) in [5, 5.41) is 13.0. The minimum absolute atomic E-state index is 0.133. The number of amides is 2. The fourth-order valence-corrected chi connectivity index (χ4v) is 4.89. The number of aryl methyl sites for hydroxylation is 2. The summed E-state index contributed by atoms with van der Waals surface area (Å²) in [6.45, 7) is 5.88. The molecule has 3 N–H and O–H groups in total. The summed E-state index contributed by atoms with van der Waals surface area (Å²) in [5.41, 5.74) is 10.5. The maximum Gasteiger partial charge on any atom is 0.271 e. The Bertz CT molecular complexity index is 1760. The van der Waals surface area contributed by atoms with Crippen LogP contribution in [0.25, 0.3) is 11.3 Å². The quantitative estimate of drug-likeness (QED) is 0.117. The molecule has 0 atom stereocenters. The third kappa shape index (κ3) is 7.93. The molecule has 2 amide bonds. The second kappa shape index (κ2) is 13.6. The molecule has 9 heteroatoms. The standard InChI is InChI=1S/C34H31N5O3S/c1-22-10-16-28(17-11-22)36-34-38-31(21-43-34)26-12-14-27(15-13-26)33(41)39-35-19-25-7-5-8-29(18-25)42-20-32(40)37-30-9-4-6-23(2)24(30)3/h4-19,21H,20H2,1-3H3,(H,36,38)(H,37,40)(H,39,41)/b35-19+. The van der Waals surface area contributed by atoms with Gasteiger partial charge in [-0.15, -0.1) is 11.3 Å². The van der Waals surface area contributed by atoms with Crippen LogP contribution in [0, 0.1) is 20.8 Å².